The topological polar surface area (TPSA) is 386 Å². The Bertz CT molecular complexity index is 3050. The van der Waals surface area contributed by atoms with Crippen LogP contribution in [-0.2, 0) is 84.5 Å². The number of nitrogens with one attached hydrogen (secondary N) is 4. The van der Waals surface area contributed by atoms with E-state index >= 15 is 0 Å². The fourth-order valence-electron chi connectivity index (χ4n) is 11.4. The van der Waals surface area contributed by atoms with Gasteiger partial charge in [-0.3, -0.25) is 47.9 Å². The van der Waals surface area contributed by atoms with E-state index in [1.54, 1.807) is 84.0 Å². The Kier molecular flexibility index (Phi) is 34.6. The quantitative estimate of drug-likeness (QED) is 0.0407. The summed E-state index contributed by atoms with van der Waals surface area (Å²) in [5, 5.41) is 63.7. The van der Waals surface area contributed by atoms with E-state index in [0.717, 1.165) is 6.42 Å². The molecule has 1 fully saturated rings. The summed E-state index contributed by atoms with van der Waals surface area (Å²) in [6.45, 7) is 14.6. The van der Waals surface area contributed by atoms with Gasteiger partial charge in [0.2, 0.25) is 29.5 Å². The number of halogens is 1. The largest absolute Gasteiger partial charge is 0.495 e. The highest BCUT2D eigenvalue weighted by Gasteiger charge is 2.44. The number of unbranched alkanes of at least 4 members (excludes halogenated alkanes) is 1. The van der Waals surface area contributed by atoms with Gasteiger partial charge in [0.1, 0.15) is 53.9 Å². The summed E-state index contributed by atoms with van der Waals surface area (Å²) in [7, 11) is 2.69. The second kappa shape index (κ2) is 40.8. The lowest BCUT2D eigenvalue weighted by atomic mass is 9.83. The molecule has 0 spiro atoms. The monoisotopic (exact) mass is 1400 g/mol. The SMILES string of the molecule is CCCCC(=O)CCC(=O)N(CCC(=O)O)CCC(=O)N[C@H](C(=O)C[C@@H](CCC(=O)NC[C@H]1O[C@@H](OC)[C@H](O)[C@@H](O)[C@@H]1O)C(=O)CCc1ccc([C@@H](C)[C@H](O)[C@@H](C)[C@@H]2C/C=C/C(=O)N[C@H](Cc3ccc(OC)c(Cl)c3)C(=O)NCC(C)(C)C(=O)O[C@@H](CC(C)C)C(=O)O2)cc1)C(C)C. The number of ether oxygens (including phenoxy) is 5. The molecule has 4 rings (SSSR count). The zero-order chi connectivity index (χ0) is 73.1. The first-order valence-electron chi connectivity index (χ1n) is 33.8. The van der Waals surface area contributed by atoms with Gasteiger partial charge in [-0.15, -0.1) is 0 Å². The third-order valence-corrected chi connectivity index (χ3v) is 18.1. The minimum absolute atomic E-state index is 0.0120. The third kappa shape index (κ3) is 26.8. The predicted molar refractivity (Wildman–Crippen MR) is 360 cm³/mol. The smallest absolute Gasteiger partial charge is 0.347 e. The number of hydrogen-bond donors (Lipinski definition) is 9. The summed E-state index contributed by atoms with van der Waals surface area (Å²) < 4.78 is 27.9. The normalized spacial score (nSPS) is 22.8. The van der Waals surface area contributed by atoms with Gasteiger partial charge >= 0.3 is 17.9 Å². The lowest BCUT2D eigenvalue weighted by Crippen LogP contribution is -2.60. The maximum absolute atomic E-state index is 14.4. The van der Waals surface area contributed by atoms with Gasteiger partial charge in [0.15, 0.2) is 18.2 Å². The number of Topliss-reactive ketones (excluding diaryl/α,β-unsaturated/α-hetero) is 3. The van der Waals surface area contributed by atoms with Crippen molar-refractivity contribution in [2.45, 2.75) is 226 Å². The molecule has 0 aliphatic carbocycles. The molecule has 2 aromatic carbocycles. The molecule has 0 bridgehead atoms. The minimum Gasteiger partial charge on any atom is -0.495 e. The van der Waals surface area contributed by atoms with Gasteiger partial charge in [0.05, 0.1) is 36.1 Å². The molecule has 5 amide bonds. The number of aliphatic hydroxyl groups is 4. The highest BCUT2D eigenvalue weighted by atomic mass is 35.5. The fourth-order valence-corrected chi connectivity index (χ4v) is 11.7. The van der Waals surface area contributed by atoms with Crippen LogP contribution in [0.1, 0.15) is 168 Å². The molecule has 546 valence electrons. The number of carboxylic acid groups (broad SMARTS) is 1. The number of ketones is 3. The van der Waals surface area contributed by atoms with E-state index < -0.39 is 156 Å². The van der Waals surface area contributed by atoms with Gasteiger partial charge in [-0.2, -0.15) is 0 Å². The van der Waals surface area contributed by atoms with Gasteiger partial charge < -0.3 is 75.4 Å². The summed E-state index contributed by atoms with van der Waals surface area (Å²) in [5.41, 5.74) is 0.593. The van der Waals surface area contributed by atoms with Gasteiger partial charge in [-0.05, 0) is 86.3 Å². The van der Waals surface area contributed by atoms with Crippen LogP contribution in [-0.4, -0.2) is 197 Å². The van der Waals surface area contributed by atoms with E-state index in [2.05, 4.69) is 21.3 Å². The van der Waals surface area contributed by atoms with Crippen LogP contribution in [0.2, 0.25) is 5.02 Å². The maximum atomic E-state index is 14.4. The highest BCUT2D eigenvalue weighted by molar-refractivity contribution is 6.32. The van der Waals surface area contributed by atoms with Crippen molar-refractivity contribution in [3.8, 4) is 5.75 Å². The fraction of sp³-hybridized carbons (Fsp3) is 0.648. The summed E-state index contributed by atoms with van der Waals surface area (Å²) in [6.07, 6.45) is -8.20. The number of carbonyl (C=O) groups is 11. The number of methoxy groups -OCH3 is 2. The summed E-state index contributed by atoms with van der Waals surface area (Å²) in [4.78, 5) is 149. The molecular weight excluding hydrogens is 1290 g/mol. The Labute approximate surface area is 579 Å². The Hall–Kier alpha value is -7.20. The van der Waals surface area contributed by atoms with E-state index in [9.17, 15) is 78.3 Å². The van der Waals surface area contributed by atoms with Crippen LogP contribution in [0, 0.1) is 29.1 Å². The van der Waals surface area contributed by atoms with Crippen molar-refractivity contribution in [1.29, 1.82) is 0 Å². The lowest BCUT2D eigenvalue weighted by Gasteiger charge is -2.39. The average molecular weight is 1400 g/mol. The lowest BCUT2D eigenvalue weighted by molar-refractivity contribution is -0.288. The highest BCUT2D eigenvalue weighted by Crippen LogP contribution is 2.32. The molecule has 27 heteroatoms. The Balaban J connectivity index is 1.54. The molecule has 0 unspecified atom stereocenters. The van der Waals surface area contributed by atoms with Gasteiger partial charge in [0, 0.05) is 109 Å². The Morgan fingerprint density at radius 3 is 2.10 bits per heavy atom. The number of carbonyl (C=O) groups excluding carboxylic acids is 10. The molecule has 2 heterocycles. The standard InChI is InChI=1S/C71H104ClN5O21/c1-12-13-15-48(78)25-29-60(84)77(33-31-61(85)86)32-30-59(83)76-62(41(4)5)52(80)37-47(24-28-57(81)73-38-56-64(88)65(89)66(90)69(95-11)97-56)51(79)26-20-44-18-22-46(23-19-44)42(6)63(87)43(7)53-16-14-17-58(82)75-50(36-45-21-27-54(94-10)49(72)35-45)67(91)74-39-71(8,9)70(93)98-55(34-40(2)3)68(92)96-53/h14,17-19,21-23,27,35,40-43,47,50,53,55-56,62-66,69,87-90H,12-13,15-16,20,24-26,28-34,36-39H2,1-11H3,(H,73,81)(H,74,91)(H,75,82)(H,76,83)(H,85,86)/b17-14+/t42-,43+,47-,50-,53+,55+,56-,62+,63+,64-,65+,66-,69-/m1/s1. The van der Waals surface area contributed by atoms with Crippen LogP contribution in [0.25, 0.3) is 0 Å². The van der Waals surface area contributed by atoms with Gasteiger partial charge in [0.25, 0.3) is 0 Å². The van der Waals surface area contributed by atoms with Crippen LogP contribution < -0.4 is 26.0 Å². The van der Waals surface area contributed by atoms with Crippen LogP contribution in [0.5, 0.6) is 5.75 Å². The van der Waals surface area contributed by atoms with Crippen LogP contribution in [0.4, 0.5) is 0 Å². The van der Waals surface area contributed by atoms with Crippen LogP contribution >= 0.6 is 11.6 Å². The summed E-state index contributed by atoms with van der Waals surface area (Å²) in [5.74, 6) is -9.56. The third-order valence-electron chi connectivity index (χ3n) is 17.8. The van der Waals surface area contributed by atoms with E-state index in [0.29, 0.717) is 35.3 Å². The second-order valence-electron chi connectivity index (χ2n) is 27.0. The first-order chi connectivity index (χ1) is 46.2. The molecule has 98 heavy (non-hydrogen) atoms. The van der Waals surface area contributed by atoms with Crippen molar-refractivity contribution in [2.75, 3.05) is 40.4 Å². The number of aryl methyl sites for hydroxylation is 1. The number of benzene rings is 2. The number of aliphatic carboxylic acids is 1. The van der Waals surface area contributed by atoms with Crippen molar-refractivity contribution >= 4 is 76.4 Å². The van der Waals surface area contributed by atoms with Crippen molar-refractivity contribution in [3.63, 3.8) is 0 Å². The predicted octanol–water partition coefficient (Wildman–Crippen LogP) is 4.95. The summed E-state index contributed by atoms with van der Waals surface area (Å²) in [6, 6.07) is 9.74. The van der Waals surface area contributed by atoms with Gasteiger partial charge in [-0.1, -0.05) is 103 Å². The summed E-state index contributed by atoms with van der Waals surface area (Å²) >= 11 is 6.40. The molecule has 26 nitrogen and oxygen atoms in total. The average Bonchev–Trinajstić information content (AvgIpc) is 0.826. The van der Waals surface area contributed by atoms with E-state index in [1.165, 1.54) is 31.3 Å². The molecule has 0 radical (unpaired) electrons. The van der Waals surface area contributed by atoms with Crippen molar-refractivity contribution in [1.82, 2.24) is 26.2 Å². The number of rotatable bonds is 36. The molecule has 2 aromatic rings. The second-order valence-corrected chi connectivity index (χ2v) is 27.4. The zero-order valence-electron chi connectivity index (χ0n) is 58.4. The number of cyclic esters (lactones) is 2. The molecule has 2 aliphatic heterocycles. The number of amides is 5. The van der Waals surface area contributed by atoms with E-state index in [-0.39, 0.29) is 113 Å². The van der Waals surface area contributed by atoms with Crippen molar-refractivity contribution in [2.24, 2.45) is 29.1 Å². The van der Waals surface area contributed by atoms with Crippen LogP contribution in [0.3, 0.4) is 0 Å². The number of esters is 2. The number of nitrogens with zero attached hydrogens (tertiary/aromatic N) is 1. The molecule has 2 aliphatic rings. The van der Waals surface area contributed by atoms with Crippen molar-refractivity contribution in [3.05, 3.63) is 76.3 Å². The maximum Gasteiger partial charge on any atom is 0.347 e. The number of carboxylic acids is 1. The Morgan fingerprint density at radius 2 is 1.48 bits per heavy atom. The zero-order valence-corrected chi connectivity index (χ0v) is 59.1. The molecule has 13 atom stereocenters. The molecule has 0 saturated carbocycles. The molecular formula is C71H104ClN5O21. The number of hydrogen-bond acceptors (Lipinski definition) is 20. The Morgan fingerprint density at radius 1 is 0.806 bits per heavy atom. The molecule has 9 N–H and O–H groups in total. The minimum atomic E-state index is -1.65. The van der Waals surface area contributed by atoms with Gasteiger partial charge in [-0.25, -0.2) is 4.79 Å². The molecule has 1 saturated heterocycles. The number of aliphatic hydroxyl groups excluding tert-OH is 4. The first-order valence-corrected chi connectivity index (χ1v) is 34.2. The van der Waals surface area contributed by atoms with E-state index in [1.807, 2.05) is 20.8 Å². The van der Waals surface area contributed by atoms with Crippen LogP contribution in [0.15, 0.2) is 54.6 Å². The van der Waals surface area contributed by atoms with Crippen molar-refractivity contribution < 1.29 is 102 Å². The molecule has 0 aromatic heterocycles. The first kappa shape index (κ1) is 83.2. The van der Waals surface area contributed by atoms with E-state index in [4.69, 9.17) is 35.3 Å².